The molecule has 0 atom stereocenters. The van der Waals surface area contributed by atoms with Crippen LogP contribution in [0, 0.1) is 13.8 Å². The van der Waals surface area contributed by atoms with Gasteiger partial charge in [-0.25, -0.2) is 14.5 Å². The molecule has 34 heavy (non-hydrogen) atoms. The predicted molar refractivity (Wildman–Crippen MR) is 127 cm³/mol. The second-order valence-corrected chi connectivity index (χ2v) is 9.43. The lowest BCUT2D eigenvalue weighted by Gasteiger charge is -2.31. The Kier molecular flexibility index (Phi) is 5.96. The fraction of sp³-hybridized carbons (Fsp3) is 0.318. The second kappa shape index (κ2) is 9.07. The van der Waals surface area contributed by atoms with Gasteiger partial charge in [-0.2, -0.15) is 5.10 Å². The highest BCUT2D eigenvalue weighted by molar-refractivity contribution is 7.10. The highest BCUT2D eigenvalue weighted by atomic mass is 35.5. The van der Waals surface area contributed by atoms with Crippen LogP contribution in [0.1, 0.15) is 56.1 Å². The van der Waals surface area contributed by atoms with Crippen molar-refractivity contribution >= 4 is 46.1 Å². The fourth-order valence-corrected chi connectivity index (χ4v) is 5.06. The number of aromatic nitrogens is 6. The third-order valence-corrected chi connectivity index (χ3v) is 7.03. The number of aryl methyl sites for hydroxylation is 2. The molecule has 1 aliphatic rings. The number of carbonyl (C=O) groups is 2. The van der Waals surface area contributed by atoms with Gasteiger partial charge in [0.15, 0.2) is 11.3 Å². The van der Waals surface area contributed by atoms with E-state index < -0.39 is 0 Å². The van der Waals surface area contributed by atoms with Gasteiger partial charge < -0.3 is 10.2 Å². The smallest absolute Gasteiger partial charge is 0.276 e. The molecule has 0 bridgehead atoms. The van der Waals surface area contributed by atoms with Gasteiger partial charge in [-0.1, -0.05) is 11.6 Å². The standard InChI is InChI=1S/C22H21ClN8O2S/c1-12-9-18-27-28-19(13(2)31(18)29-12)22(33)30-7-5-14(6-8-30)21-26-16(11-34-21)20(32)25-15-3-4-17(23)24-10-15/h3-4,9-11,14H,5-8H2,1-2H3,(H,25,32). The van der Waals surface area contributed by atoms with Crippen molar-refractivity contribution in [3.05, 3.63) is 62.7 Å². The van der Waals surface area contributed by atoms with E-state index in [1.807, 2.05) is 19.9 Å². The van der Waals surface area contributed by atoms with Crippen molar-refractivity contribution in [2.75, 3.05) is 18.4 Å². The number of nitrogens with zero attached hydrogens (tertiary/aromatic N) is 7. The van der Waals surface area contributed by atoms with Gasteiger partial charge in [-0.3, -0.25) is 9.59 Å². The highest BCUT2D eigenvalue weighted by Gasteiger charge is 2.29. The van der Waals surface area contributed by atoms with E-state index in [9.17, 15) is 9.59 Å². The van der Waals surface area contributed by atoms with Gasteiger partial charge in [0.1, 0.15) is 10.8 Å². The number of rotatable bonds is 4. The summed E-state index contributed by atoms with van der Waals surface area (Å²) in [6.45, 7) is 4.87. The molecule has 1 aliphatic heterocycles. The monoisotopic (exact) mass is 496 g/mol. The van der Waals surface area contributed by atoms with E-state index in [0.29, 0.717) is 46.7 Å². The van der Waals surface area contributed by atoms with E-state index >= 15 is 0 Å². The molecule has 0 aromatic carbocycles. The van der Waals surface area contributed by atoms with Gasteiger partial charge in [-0.05, 0) is 38.8 Å². The van der Waals surface area contributed by atoms with Gasteiger partial charge >= 0.3 is 0 Å². The second-order valence-electron chi connectivity index (χ2n) is 8.15. The average Bonchev–Trinajstić information content (AvgIpc) is 3.48. The topological polar surface area (TPSA) is 118 Å². The minimum absolute atomic E-state index is 0.144. The number of pyridine rings is 1. The van der Waals surface area contributed by atoms with E-state index in [0.717, 1.165) is 23.5 Å². The molecule has 0 aliphatic carbocycles. The maximum absolute atomic E-state index is 13.1. The van der Waals surface area contributed by atoms with Crippen molar-refractivity contribution in [1.82, 2.24) is 34.7 Å². The summed E-state index contributed by atoms with van der Waals surface area (Å²) < 4.78 is 1.66. The number of hydrogen-bond donors (Lipinski definition) is 1. The molecule has 10 nitrogen and oxygen atoms in total. The molecular formula is C22H21ClN8O2S. The number of anilines is 1. The first-order valence-electron chi connectivity index (χ1n) is 10.8. The van der Waals surface area contributed by atoms with Crippen molar-refractivity contribution in [1.29, 1.82) is 0 Å². The van der Waals surface area contributed by atoms with E-state index in [-0.39, 0.29) is 17.7 Å². The first-order valence-corrected chi connectivity index (χ1v) is 12.0. The zero-order valence-corrected chi connectivity index (χ0v) is 20.1. The number of nitrogens with one attached hydrogen (secondary N) is 1. The summed E-state index contributed by atoms with van der Waals surface area (Å²) in [4.78, 5) is 35.9. The number of halogens is 1. The minimum atomic E-state index is -0.294. The normalized spacial score (nSPS) is 14.5. The number of thiazole rings is 1. The molecular weight excluding hydrogens is 476 g/mol. The van der Waals surface area contributed by atoms with Crippen molar-refractivity contribution in [2.24, 2.45) is 0 Å². The SMILES string of the molecule is Cc1cc2nnc(C(=O)N3CCC(c4nc(C(=O)Nc5ccc(Cl)nc5)cs4)CC3)c(C)n2n1. The summed E-state index contributed by atoms with van der Waals surface area (Å²) in [6.07, 6.45) is 3.02. The summed E-state index contributed by atoms with van der Waals surface area (Å²) in [5.74, 6) is -0.247. The largest absolute Gasteiger partial charge is 0.337 e. The highest BCUT2D eigenvalue weighted by Crippen LogP contribution is 2.31. The van der Waals surface area contributed by atoms with E-state index in [1.165, 1.54) is 17.5 Å². The van der Waals surface area contributed by atoms with Crippen LogP contribution in [0.4, 0.5) is 5.69 Å². The minimum Gasteiger partial charge on any atom is -0.337 e. The molecule has 1 fully saturated rings. The summed E-state index contributed by atoms with van der Waals surface area (Å²) >= 11 is 7.24. The van der Waals surface area contributed by atoms with E-state index in [4.69, 9.17) is 11.6 Å². The van der Waals surface area contributed by atoms with Crippen molar-refractivity contribution in [3.8, 4) is 0 Å². The van der Waals surface area contributed by atoms with Gasteiger partial charge in [0.2, 0.25) is 0 Å². The zero-order valence-electron chi connectivity index (χ0n) is 18.5. The van der Waals surface area contributed by atoms with Crippen molar-refractivity contribution in [2.45, 2.75) is 32.6 Å². The molecule has 2 amide bonds. The van der Waals surface area contributed by atoms with Crippen LogP contribution in [0.3, 0.4) is 0 Å². The van der Waals surface area contributed by atoms with Gasteiger partial charge in [0.25, 0.3) is 11.8 Å². The molecule has 0 unspecified atom stereocenters. The van der Waals surface area contributed by atoms with Crippen LogP contribution >= 0.6 is 22.9 Å². The number of hydrogen-bond acceptors (Lipinski definition) is 8. The van der Waals surface area contributed by atoms with Crippen LogP contribution in [0.25, 0.3) is 5.65 Å². The molecule has 1 N–H and O–H groups in total. The Morgan fingerprint density at radius 1 is 1.18 bits per heavy atom. The number of carbonyl (C=O) groups excluding carboxylic acids is 2. The Balaban J connectivity index is 1.22. The summed E-state index contributed by atoms with van der Waals surface area (Å²) in [5, 5.41) is 18.5. The summed E-state index contributed by atoms with van der Waals surface area (Å²) in [5.41, 5.74) is 3.36. The van der Waals surface area contributed by atoms with Gasteiger partial charge in [0.05, 0.1) is 28.3 Å². The molecule has 12 heteroatoms. The first kappa shape index (κ1) is 22.4. The molecule has 5 heterocycles. The lowest BCUT2D eigenvalue weighted by Crippen LogP contribution is -2.39. The molecule has 5 rings (SSSR count). The van der Waals surface area contributed by atoms with Crippen molar-refractivity contribution < 1.29 is 9.59 Å². The molecule has 4 aromatic rings. The zero-order chi connectivity index (χ0) is 23.8. The number of amides is 2. The molecule has 174 valence electrons. The number of likely N-dealkylation sites (tertiary alicyclic amines) is 1. The maximum Gasteiger partial charge on any atom is 0.276 e. The average molecular weight is 497 g/mol. The lowest BCUT2D eigenvalue weighted by molar-refractivity contribution is 0.0704. The Morgan fingerprint density at radius 3 is 2.71 bits per heavy atom. The van der Waals surface area contributed by atoms with E-state index in [1.54, 1.807) is 26.9 Å². The van der Waals surface area contributed by atoms with Gasteiger partial charge in [0, 0.05) is 30.5 Å². The number of piperidine rings is 1. The third kappa shape index (κ3) is 4.36. The van der Waals surface area contributed by atoms with Crippen molar-refractivity contribution in [3.63, 3.8) is 0 Å². The van der Waals surface area contributed by atoms with Crippen LogP contribution in [0.2, 0.25) is 5.15 Å². The maximum atomic E-state index is 13.1. The molecule has 1 saturated heterocycles. The fourth-order valence-electron chi connectivity index (χ4n) is 3.98. The number of fused-ring (bicyclic) bond motifs is 1. The Hall–Kier alpha value is -3.44. The van der Waals surface area contributed by atoms with Crippen LogP contribution in [0.15, 0.2) is 29.8 Å². The molecule has 4 aromatic heterocycles. The Morgan fingerprint density at radius 2 is 1.97 bits per heavy atom. The summed E-state index contributed by atoms with van der Waals surface area (Å²) in [7, 11) is 0. The summed E-state index contributed by atoms with van der Waals surface area (Å²) in [6, 6.07) is 5.12. The third-order valence-electron chi connectivity index (χ3n) is 5.80. The van der Waals surface area contributed by atoms with Crippen LogP contribution in [-0.4, -0.2) is 59.6 Å². The van der Waals surface area contributed by atoms with Crippen LogP contribution in [-0.2, 0) is 0 Å². The molecule has 0 spiro atoms. The van der Waals surface area contributed by atoms with Gasteiger partial charge in [-0.15, -0.1) is 21.5 Å². The van der Waals surface area contributed by atoms with Crippen LogP contribution < -0.4 is 5.32 Å². The van der Waals surface area contributed by atoms with E-state index in [2.05, 4.69) is 30.6 Å². The molecule has 0 saturated carbocycles. The Bertz CT molecular complexity index is 1380. The quantitative estimate of drug-likeness (QED) is 0.429. The first-order chi connectivity index (χ1) is 16.4. The Labute approximate surface area is 204 Å². The molecule has 0 radical (unpaired) electrons. The van der Waals surface area contributed by atoms with Crippen LogP contribution in [0.5, 0.6) is 0 Å². The predicted octanol–water partition coefficient (Wildman–Crippen LogP) is 3.52. The lowest BCUT2D eigenvalue weighted by atomic mass is 9.97.